The zero-order chi connectivity index (χ0) is 31.6. The van der Waals surface area contributed by atoms with Crippen molar-refractivity contribution in [2.24, 2.45) is 0 Å². The number of hydrogen-bond donors (Lipinski definition) is 0. The van der Waals surface area contributed by atoms with E-state index in [0.29, 0.717) is 0 Å². The number of aliphatic carboxylic acids is 2. The molecule has 0 aliphatic heterocycles. The molecular formula is C38H34CuFeO4P2. The van der Waals surface area contributed by atoms with E-state index in [4.69, 9.17) is 19.8 Å². The van der Waals surface area contributed by atoms with Gasteiger partial charge in [0.15, 0.2) is 0 Å². The number of rotatable bonds is 6. The number of carboxylic acids is 2. The molecule has 6 aromatic rings. The summed E-state index contributed by atoms with van der Waals surface area (Å²) < 4.78 is 0. The Hall–Kier alpha value is -3.58. The normalized spacial score (nSPS) is 9.48. The van der Waals surface area contributed by atoms with Crippen molar-refractivity contribution in [3.63, 3.8) is 0 Å². The van der Waals surface area contributed by atoms with Gasteiger partial charge in [0, 0.05) is 11.9 Å². The van der Waals surface area contributed by atoms with Gasteiger partial charge in [-0.25, -0.2) is 24.3 Å². The molecule has 0 aliphatic carbocycles. The van der Waals surface area contributed by atoms with Crippen LogP contribution in [0.5, 0.6) is 0 Å². The molecule has 4 nitrogen and oxygen atoms in total. The molecule has 0 bridgehead atoms. The molecule has 0 fully saturated rings. The third-order valence-corrected chi connectivity index (χ3v) is 10.8. The van der Waals surface area contributed by atoms with Crippen molar-refractivity contribution in [1.29, 1.82) is 0 Å². The number of carboxylic acid groups (broad SMARTS) is 2. The summed E-state index contributed by atoms with van der Waals surface area (Å²) in [7, 11) is -0.818. The summed E-state index contributed by atoms with van der Waals surface area (Å²) in [5.74, 6) is -2.17. The van der Waals surface area contributed by atoms with E-state index in [2.05, 4.69) is 170 Å². The van der Waals surface area contributed by atoms with Crippen LogP contribution in [0.1, 0.15) is 13.8 Å². The summed E-state index contributed by atoms with van der Waals surface area (Å²) in [5, 5.41) is 26.2. The maximum Gasteiger partial charge on any atom is 2.00 e. The van der Waals surface area contributed by atoms with Crippen LogP contribution in [0.3, 0.4) is 0 Å². The maximum absolute atomic E-state index is 8.89. The van der Waals surface area contributed by atoms with E-state index >= 15 is 0 Å². The first-order valence-corrected chi connectivity index (χ1v) is 16.6. The molecule has 6 rings (SSSR count). The van der Waals surface area contributed by atoms with Gasteiger partial charge in [0.05, 0.1) is 0 Å². The van der Waals surface area contributed by atoms with E-state index in [9.17, 15) is 0 Å². The van der Waals surface area contributed by atoms with E-state index in [-0.39, 0.29) is 34.1 Å². The molecule has 0 heterocycles. The van der Waals surface area contributed by atoms with Crippen LogP contribution in [0.25, 0.3) is 0 Å². The molecule has 0 saturated carbocycles. The molecule has 0 aromatic heterocycles. The number of carbonyl (C=O) groups is 2. The molecular weight excluding hydrogens is 702 g/mol. The zero-order valence-electron chi connectivity index (χ0n) is 25.3. The van der Waals surface area contributed by atoms with Crippen molar-refractivity contribution in [2.75, 3.05) is 0 Å². The van der Waals surface area contributed by atoms with Gasteiger partial charge in [-0.1, -0.05) is 137 Å². The first-order valence-electron chi connectivity index (χ1n) is 14.0. The van der Waals surface area contributed by atoms with Crippen molar-refractivity contribution in [2.45, 2.75) is 13.8 Å². The Labute approximate surface area is 295 Å². The number of benzene rings is 4. The molecule has 0 aliphatic rings. The van der Waals surface area contributed by atoms with Gasteiger partial charge in [0.2, 0.25) is 0 Å². The Bertz CT molecular complexity index is 1400. The minimum atomic E-state index is -1.08. The molecule has 46 heavy (non-hydrogen) atoms. The van der Waals surface area contributed by atoms with Crippen molar-refractivity contribution in [1.82, 2.24) is 0 Å². The minimum absolute atomic E-state index is 0. The van der Waals surface area contributed by atoms with Crippen molar-refractivity contribution in [3.8, 4) is 0 Å². The van der Waals surface area contributed by atoms with Crippen LogP contribution in [0.15, 0.2) is 170 Å². The Kier molecular flexibility index (Phi) is 20.1. The quantitative estimate of drug-likeness (QED) is 0.148. The van der Waals surface area contributed by atoms with Crippen LogP contribution in [0.4, 0.5) is 0 Å². The SMILES string of the molecule is CC(=O)[O-].CC(=O)[O-].[Cu+2].[Fe+2].c1ccc(P(c2ccccc2)[c-]2cccc2)cc1.c1ccc(P(c2ccccc2)[c-]2cccc2)cc1. The molecule has 6 aromatic carbocycles. The topological polar surface area (TPSA) is 80.3 Å². The first kappa shape index (κ1) is 40.4. The van der Waals surface area contributed by atoms with Crippen LogP contribution in [0, 0.1) is 0 Å². The fourth-order valence-electron chi connectivity index (χ4n) is 4.23. The molecule has 1 radical (unpaired) electrons. The predicted molar refractivity (Wildman–Crippen MR) is 183 cm³/mol. The monoisotopic (exact) mass is 735 g/mol. The maximum atomic E-state index is 8.89. The van der Waals surface area contributed by atoms with Gasteiger partial charge in [0.1, 0.15) is 0 Å². The molecule has 0 spiro atoms. The average molecular weight is 736 g/mol. The number of carbonyl (C=O) groups excluding carboxylic acids is 2. The van der Waals surface area contributed by atoms with E-state index in [1.165, 1.54) is 31.8 Å². The largest absolute Gasteiger partial charge is 2.00 e. The number of hydrogen-bond acceptors (Lipinski definition) is 4. The van der Waals surface area contributed by atoms with Gasteiger partial charge in [-0.2, -0.15) is 24.3 Å². The predicted octanol–water partition coefficient (Wildman–Crippen LogP) is 3.83. The van der Waals surface area contributed by atoms with Gasteiger partial charge in [-0.05, 0) is 35.1 Å². The van der Waals surface area contributed by atoms with Crippen LogP contribution in [-0.2, 0) is 43.7 Å². The van der Waals surface area contributed by atoms with Gasteiger partial charge < -0.3 is 19.8 Å². The summed E-state index contributed by atoms with van der Waals surface area (Å²) in [5.41, 5.74) is 0. The smallest absolute Gasteiger partial charge is 0.550 e. The third kappa shape index (κ3) is 14.2. The van der Waals surface area contributed by atoms with Crippen LogP contribution in [-0.4, -0.2) is 11.9 Å². The summed E-state index contributed by atoms with van der Waals surface area (Å²) in [6.07, 6.45) is 0. The van der Waals surface area contributed by atoms with Gasteiger partial charge in [-0.3, -0.25) is 0 Å². The van der Waals surface area contributed by atoms with Crippen LogP contribution >= 0.6 is 15.8 Å². The second kappa shape index (κ2) is 22.8. The second-order valence-electron chi connectivity index (χ2n) is 9.28. The fourth-order valence-corrected chi connectivity index (χ4v) is 8.84. The third-order valence-electron chi connectivity index (χ3n) is 5.86. The van der Waals surface area contributed by atoms with E-state index in [1.54, 1.807) is 0 Å². The second-order valence-corrected chi connectivity index (χ2v) is 13.7. The average Bonchev–Trinajstić information content (AvgIpc) is 3.75. The summed E-state index contributed by atoms with van der Waals surface area (Å²) in [4.78, 5) is 17.8. The van der Waals surface area contributed by atoms with Gasteiger partial charge >= 0.3 is 34.1 Å². The van der Waals surface area contributed by atoms with Crippen molar-refractivity contribution < 1.29 is 53.9 Å². The Balaban J connectivity index is 0.000000361. The Morgan fingerprint density at radius 2 is 0.609 bits per heavy atom. The standard InChI is InChI=1S/2C17H14P.2C2H4O2.Cu.Fe/c2*1-3-9-15(10-4-1)18(17-13-7-8-14-17)16-11-5-2-6-12-16;2*1-2(3)4;;/h2*1-14H;2*1H3,(H,3,4);;/q2*-1;;;2*+2/p-2. The van der Waals surface area contributed by atoms with E-state index in [1.807, 2.05) is 0 Å². The van der Waals surface area contributed by atoms with E-state index < -0.39 is 27.8 Å². The molecule has 0 unspecified atom stereocenters. The van der Waals surface area contributed by atoms with Crippen molar-refractivity contribution >= 4 is 59.6 Å². The van der Waals surface area contributed by atoms with Crippen molar-refractivity contribution in [3.05, 3.63) is 170 Å². The molecule has 239 valence electrons. The summed E-state index contributed by atoms with van der Waals surface area (Å²) in [6, 6.07) is 60.5. The zero-order valence-corrected chi connectivity index (χ0v) is 29.2. The van der Waals surface area contributed by atoms with Crippen LogP contribution in [0.2, 0.25) is 0 Å². The van der Waals surface area contributed by atoms with Gasteiger partial charge in [-0.15, -0.1) is 10.6 Å². The Morgan fingerprint density at radius 1 is 0.435 bits per heavy atom. The first-order chi connectivity index (χ1) is 21.4. The van der Waals surface area contributed by atoms with E-state index in [0.717, 1.165) is 13.8 Å². The Morgan fingerprint density at radius 3 is 0.783 bits per heavy atom. The summed E-state index contributed by atoms with van der Waals surface area (Å²) in [6.45, 7) is 1.94. The van der Waals surface area contributed by atoms with Crippen LogP contribution < -0.4 is 42.0 Å². The molecule has 0 atom stereocenters. The minimum Gasteiger partial charge on any atom is -0.550 e. The molecule has 0 saturated heterocycles. The summed E-state index contributed by atoms with van der Waals surface area (Å²) >= 11 is 0. The van der Waals surface area contributed by atoms with Gasteiger partial charge in [0.25, 0.3) is 0 Å². The fraction of sp³-hybridized carbons (Fsp3) is 0.0526. The molecule has 0 amide bonds. The molecule has 8 heteroatoms. The molecule has 0 N–H and O–H groups in total.